The highest BCUT2D eigenvalue weighted by Gasteiger charge is 2.34. The van der Waals surface area contributed by atoms with Gasteiger partial charge in [0.05, 0.1) is 22.6 Å². The van der Waals surface area contributed by atoms with E-state index in [0.717, 1.165) is 31.4 Å². The molecule has 0 amide bonds. The minimum Gasteiger partial charge on any atom is -0.353 e. The lowest BCUT2D eigenvalue weighted by atomic mass is 10.1. The number of hydrogen-bond acceptors (Lipinski definition) is 3. The van der Waals surface area contributed by atoms with Gasteiger partial charge in [-0.2, -0.15) is 9.57 Å². The predicted octanol–water partition coefficient (Wildman–Crippen LogP) is 3.20. The molecule has 0 aliphatic carbocycles. The fourth-order valence-corrected chi connectivity index (χ4v) is 4.99. The first-order valence-electron chi connectivity index (χ1n) is 8.17. The zero-order valence-electron chi connectivity index (χ0n) is 13.7. The van der Waals surface area contributed by atoms with E-state index in [4.69, 9.17) is 5.26 Å². The summed E-state index contributed by atoms with van der Waals surface area (Å²) in [6.45, 7) is 0.526. The highest BCUT2D eigenvalue weighted by molar-refractivity contribution is 7.89. The first kappa shape index (κ1) is 16.7. The van der Waals surface area contributed by atoms with Crippen molar-refractivity contribution in [2.75, 3.05) is 6.54 Å². The first-order valence-corrected chi connectivity index (χ1v) is 9.61. The number of hydrogen-bond donors (Lipinski definition) is 0. The van der Waals surface area contributed by atoms with E-state index in [2.05, 4.69) is 0 Å². The van der Waals surface area contributed by atoms with Gasteiger partial charge in [0.15, 0.2) is 0 Å². The number of nitrogens with zero attached hydrogens (tertiary/aromatic N) is 3. The summed E-state index contributed by atoms with van der Waals surface area (Å²) < 4.78 is 30.0. The minimum absolute atomic E-state index is 0.145. The Morgan fingerprint density at radius 2 is 1.88 bits per heavy atom. The lowest BCUT2D eigenvalue weighted by Crippen LogP contribution is -2.35. The van der Waals surface area contributed by atoms with Crippen LogP contribution < -0.4 is 0 Å². The molecule has 5 nitrogen and oxygen atoms in total. The average molecular weight is 343 g/mol. The molecule has 0 bridgehead atoms. The van der Waals surface area contributed by atoms with E-state index < -0.39 is 10.0 Å². The molecule has 6 heteroatoms. The molecule has 1 saturated heterocycles. The van der Waals surface area contributed by atoms with Gasteiger partial charge in [0.2, 0.25) is 10.0 Å². The maximum atomic E-state index is 13.2. The highest BCUT2D eigenvalue weighted by Crippen LogP contribution is 2.34. The summed E-state index contributed by atoms with van der Waals surface area (Å²) in [4.78, 5) is 0.252. The summed E-state index contributed by atoms with van der Waals surface area (Å²) >= 11 is 0. The third-order valence-electron chi connectivity index (χ3n) is 4.62. The number of aromatic nitrogens is 1. The van der Waals surface area contributed by atoms with Crippen LogP contribution in [0.15, 0.2) is 47.5 Å². The molecule has 24 heavy (non-hydrogen) atoms. The molecule has 1 aliphatic rings. The van der Waals surface area contributed by atoms with Crippen molar-refractivity contribution in [3.05, 3.63) is 53.9 Å². The van der Waals surface area contributed by atoms with Crippen LogP contribution in [0.4, 0.5) is 0 Å². The Kier molecular flexibility index (Phi) is 4.74. The summed E-state index contributed by atoms with van der Waals surface area (Å²) in [6.07, 6.45) is 5.71. The molecule has 2 aromatic rings. The second-order valence-electron chi connectivity index (χ2n) is 6.16. The molecule has 126 valence electrons. The third-order valence-corrected chi connectivity index (χ3v) is 6.54. The summed E-state index contributed by atoms with van der Waals surface area (Å²) in [6, 6.07) is 12.0. The second kappa shape index (κ2) is 6.80. The Hall–Kier alpha value is -2.10. The smallest absolute Gasteiger partial charge is 0.243 e. The third kappa shape index (κ3) is 3.10. The molecule has 0 spiro atoms. The number of aryl methyl sites for hydroxylation is 1. The van der Waals surface area contributed by atoms with Crippen LogP contribution in [0.1, 0.15) is 43.0 Å². The monoisotopic (exact) mass is 343 g/mol. The molecule has 2 heterocycles. The van der Waals surface area contributed by atoms with E-state index in [1.54, 1.807) is 16.4 Å². The van der Waals surface area contributed by atoms with Gasteiger partial charge in [-0.25, -0.2) is 8.42 Å². The fourth-order valence-electron chi connectivity index (χ4n) is 3.32. The summed E-state index contributed by atoms with van der Waals surface area (Å²) in [5, 5.41) is 8.90. The molecule has 1 fully saturated rings. The van der Waals surface area contributed by atoms with Crippen LogP contribution in [0.2, 0.25) is 0 Å². The van der Waals surface area contributed by atoms with E-state index in [0.29, 0.717) is 12.1 Å². The van der Waals surface area contributed by atoms with Crippen molar-refractivity contribution in [1.82, 2.24) is 8.87 Å². The number of benzene rings is 1. The maximum Gasteiger partial charge on any atom is 0.243 e. The number of rotatable bonds is 3. The lowest BCUT2D eigenvalue weighted by Gasteiger charge is -2.29. The molecule has 0 saturated carbocycles. The van der Waals surface area contributed by atoms with Crippen LogP contribution in [0, 0.1) is 11.3 Å². The Morgan fingerprint density at radius 3 is 2.50 bits per heavy atom. The van der Waals surface area contributed by atoms with E-state index in [9.17, 15) is 8.42 Å². The standard InChI is InChI=1S/C18H21N3O2S/c1-20-12-5-7-17(20)18-6-3-2-4-13-21(18)24(22,23)16-10-8-15(14-19)9-11-16/h5,7-12,18H,2-4,6,13H2,1H3/t18-/m1/s1. The van der Waals surface area contributed by atoms with E-state index >= 15 is 0 Å². The van der Waals surface area contributed by atoms with Crippen molar-refractivity contribution in [3.63, 3.8) is 0 Å². The van der Waals surface area contributed by atoms with Crippen molar-refractivity contribution >= 4 is 10.0 Å². The zero-order chi connectivity index (χ0) is 17.2. The summed E-state index contributed by atoms with van der Waals surface area (Å²) in [5.74, 6) is 0. The second-order valence-corrected chi connectivity index (χ2v) is 8.05. The summed E-state index contributed by atoms with van der Waals surface area (Å²) in [7, 11) is -1.64. The summed E-state index contributed by atoms with van der Waals surface area (Å²) in [5.41, 5.74) is 1.48. The van der Waals surface area contributed by atoms with Crippen LogP contribution in [0.5, 0.6) is 0 Å². The van der Waals surface area contributed by atoms with Crippen molar-refractivity contribution in [1.29, 1.82) is 5.26 Å². The highest BCUT2D eigenvalue weighted by atomic mass is 32.2. The molecular formula is C18H21N3O2S. The number of nitriles is 1. The molecule has 0 N–H and O–H groups in total. The van der Waals surface area contributed by atoms with Gasteiger partial charge in [0.1, 0.15) is 0 Å². The topological polar surface area (TPSA) is 66.1 Å². The van der Waals surface area contributed by atoms with Crippen molar-refractivity contribution < 1.29 is 8.42 Å². The Labute approximate surface area is 143 Å². The van der Waals surface area contributed by atoms with E-state index in [-0.39, 0.29) is 10.9 Å². The molecule has 3 rings (SSSR count). The van der Waals surface area contributed by atoms with Gasteiger partial charge in [-0.1, -0.05) is 12.8 Å². The molecule has 0 unspecified atom stereocenters. The molecule has 1 aromatic carbocycles. The van der Waals surface area contributed by atoms with E-state index in [1.807, 2.05) is 36.0 Å². The molecule has 0 radical (unpaired) electrons. The average Bonchev–Trinajstić information content (AvgIpc) is 2.86. The van der Waals surface area contributed by atoms with Gasteiger partial charge >= 0.3 is 0 Å². The predicted molar refractivity (Wildman–Crippen MR) is 91.7 cm³/mol. The quantitative estimate of drug-likeness (QED) is 0.859. The van der Waals surface area contributed by atoms with Gasteiger partial charge in [-0.05, 0) is 49.2 Å². The van der Waals surface area contributed by atoms with Crippen molar-refractivity contribution in [2.45, 2.75) is 36.6 Å². The van der Waals surface area contributed by atoms with Crippen LogP contribution in [-0.2, 0) is 17.1 Å². The molecule has 1 atom stereocenters. The minimum atomic E-state index is -3.59. The molecule has 1 aliphatic heterocycles. The van der Waals surface area contributed by atoms with Crippen molar-refractivity contribution in [2.24, 2.45) is 7.05 Å². The van der Waals surface area contributed by atoms with Gasteiger partial charge < -0.3 is 4.57 Å². The van der Waals surface area contributed by atoms with E-state index in [1.165, 1.54) is 12.1 Å². The van der Waals surface area contributed by atoms with Gasteiger partial charge in [-0.3, -0.25) is 0 Å². The maximum absolute atomic E-state index is 13.2. The van der Waals surface area contributed by atoms with Crippen LogP contribution in [0.25, 0.3) is 0 Å². The Morgan fingerprint density at radius 1 is 1.12 bits per heavy atom. The first-order chi connectivity index (χ1) is 11.5. The normalized spacial score (nSPS) is 19.6. The van der Waals surface area contributed by atoms with Gasteiger partial charge in [0, 0.05) is 25.5 Å². The molecular weight excluding hydrogens is 322 g/mol. The van der Waals surface area contributed by atoms with Crippen LogP contribution in [0.3, 0.4) is 0 Å². The SMILES string of the molecule is Cn1cccc1[C@H]1CCCCCN1S(=O)(=O)c1ccc(C#N)cc1. The van der Waals surface area contributed by atoms with Crippen LogP contribution in [-0.4, -0.2) is 23.8 Å². The fraction of sp³-hybridized carbons (Fsp3) is 0.389. The largest absolute Gasteiger partial charge is 0.353 e. The zero-order valence-corrected chi connectivity index (χ0v) is 14.5. The van der Waals surface area contributed by atoms with Gasteiger partial charge in [-0.15, -0.1) is 0 Å². The van der Waals surface area contributed by atoms with Gasteiger partial charge in [0.25, 0.3) is 0 Å². The number of sulfonamides is 1. The lowest BCUT2D eigenvalue weighted by molar-refractivity contribution is 0.318. The Balaban J connectivity index is 2.01. The van der Waals surface area contributed by atoms with Crippen LogP contribution >= 0.6 is 0 Å². The molecule has 1 aromatic heterocycles. The Bertz CT molecular complexity index is 847. The van der Waals surface area contributed by atoms with Crippen molar-refractivity contribution in [3.8, 4) is 6.07 Å².